The maximum atomic E-state index is 12.0. The smallest absolute Gasteiger partial charge is 0.410 e. The number of terminal acetylenes is 1. The Kier molecular flexibility index (Phi) is 4.86. The van der Waals surface area contributed by atoms with Crippen molar-refractivity contribution in [3.63, 3.8) is 0 Å². The van der Waals surface area contributed by atoms with E-state index >= 15 is 0 Å². The van der Waals surface area contributed by atoms with Crippen molar-refractivity contribution in [1.29, 1.82) is 0 Å². The van der Waals surface area contributed by atoms with E-state index in [9.17, 15) is 4.79 Å². The van der Waals surface area contributed by atoms with Gasteiger partial charge in [-0.25, -0.2) is 14.8 Å². The molecule has 0 aliphatic carbocycles. The molecular formula is C16H22N4O2. The first-order chi connectivity index (χ1) is 10.4. The van der Waals surface area contributed by atoms with Gasteiger partial charge in [-0.15, -0.1) is 6.42 Å². The van der Waals surface area contributed by atoms with E-state index in [4.69, 9.17) is 11.2 Å². The van der Waals surface area contributed by atoms with E-state index in [1.54, 1.807) is 11.0 Å². The average Bonchev–Trinajstić information content (AvgIpc) is 2.46. The Morgan fingerprint density at radius 2 is 2.09 bits per heavy atom. The monoisotopic (exact) mass is 302 g/mol. The minimum Gasteiger partial charge on any atom is -0.444 e. The van der Waals surface area contributed by atoms with Crippen LogP contribution in [0.2, 0.25) is 0 Å². The van der Waals surface area contributed by atoms with E-state index in [2.05, 4.69) is 21.2 Å². The van der Waals surface area contributed by atoms with E-state index in [1.807, 2.05) is 20.8 Å². The molecule has 6 nitrogen and oxygen atoms in total. The van der Waals surface area contributed by atoms with E-state index in [0.717, 1.165) is 18.7 Å². The molecule has 2 rings (SSSR count). The van der Waals surface area contributed by atoms with Gasteiger partial charge in [0.15, 0.2) is 0 Å². The molecule has 0 spiro atoms. The normalized spacial score (nSPS) is 16.0. The highest BCUT2D eigenvalue weighted by Gasteiger charge is 2.26. The van der Waals surface area contributed by atoms with E-state index < -0.39 is 5.60 Å². The Labute approximate surface area is 131 Å². The number of piperidine rings is 1. The number of nitrogens with one attached hydrogen (secondary N) is 1. The third-order valence-corrected chi connectivity index (χ3v) is 3.31. The van der Waals surface area contributed by atoms with Gasteiger partial charge in [0.25, 0.3) is 0 Å². The summed E-state index contributed by atoms with van der Waals surface area (Å²) in [4.78, 5) is 21.9. The van der Waals surface area contributed by atoms with Crippen LogP contribution in [0.15, 0.2) is 12.4 Å². The zero-order valence-corrected chi connectivity index (χ0v) is 13.3. The van der Waals surface area contributed by atoms with Gasteiger partial charge in [-0.2, -0.15) is 0 Å². The van der Waals surface area contributed by atoms with Crippen molar-refractivity contribution in [2.75, 3.05) is 18.4 Å². The molecule has 1 amide bonds. The lowest BCUT2D eigenvalue weighted by Gasteiger charge is -2.33. The summed E-state index contributed by atoms with van der Waals surface area (Å²) < 4.78 is 5.38. The molecule has 0 bridgehead atoms. The third kappa shape index (κ3) is 4.62. The molecule has 1 N–H and O–H groups in total. The molecular weight excluding hydrogens is 280 g/mol. The molecule has 1 aromatic heterocycles. The predicted octanol–water partition coefficient (Wildman–Crippen LogP) is 2.27. The predicted molar refractivity (Wildman–Crippen MR) is 84.4 cm³/mol. The number of aromatic nitrogens is 2. The van der Waals surface area contributed by atoms with Gasteiger partial charge in [0, 0.05) is 25.2 Å². The van der Waals surface area contributed by atoms with Crippen LogP contribution in [-0.4, -0.2) is 45.7 Å². The van der Waals surface area contributed by atoms with E-state index in [-0.39, 0.29) is 12.1 Å². The number of hydrogen-bond donors (Lipinski definition) is 1. The number of likely N-dealkylation sites (tertiary alicyclic amines) is 1. The average molecular weight is 302 g/mol. The minimum absolute atomic E-state index is 0.248. The Bertz CT molecular complexity index is 566. The summed E-state index contributed by atoms with van der Waals surface area (Å²) in [6.45, 7) is 6.95. The zero-order chi connectivity index (χ0) is 16.2. The fraction of sp³-hybridized carbons (Fsp3) is 0.562. The molecule has 0 radical (unpaired) electrons. The van der Waals surface area contributed by atoms with Crippen molar-refractivity contribution in [3.05, 3.63) is 18.1 Å². The molecule has 0 aromatic carbocycles. The number of nitrogens with zero attached hydrogens (tertiary/aromatic N) is 3. The van der Waals surface area contributed by atoms with Gasteiger partial charge in [0.05, 0.1) is 0 Å². The fourth-order valence-electron chi connectivity index (χ4n) is 2.26. The third-order valence-electron chi connectivity index (χ3n) is 3.31. The van der Waals surface area contributed by atoms with Crippen molar-refractivity contribution in [2.45, 2.75) is 45.3 Å². The van der Waals surface area contributed by atoms with Crippen LogP contribution in [0, 0.1) is 12.3 Å². The number of anilines is 1. The minimum atomic E-state index is -0.460. The second kappa shape index (κ2) is 6.65. The van der Waals surface area contributed by atoms with Gasteiger partial charge >= 0.3 is 6.09 Å². The second-order valence-corrected chi connectivity index (χ2v) is 6.32. The highest BCUT2D eigenvalue weighted by Crippen LogP contribution is 2.18. The maximum Gasteiger partial charge on any atom is 0.410 e. The summed E-state index contributed by atoms with van der Waals surface area (Å²) in [5.41, 5.74) is 0.0994. The van der Waals surface area contributed by atoms with Crippen LogP contribution >= 0.6 is 0 Å². The SMILES string of the molecule is C#Cc1cc(NC2CCN(C(=O)OC(C)(C)C)CC2)ncn1. The van der Waals surface area contributed by atoms with Crippen LogP contribution in [0.25, 0.3) is 0 Å². The van der Waals surface area contributed by atoms with Crippen molar-refractivity contribution in [1.82, 2.24) is 14.9 Å². The first kappa shape index (κ1) is 16.1. The molecule has 1 aromatic rings. The summed E-state index contributed by atoms with van der Waals surface area (Å²) in [5.74, 6) is 3.21. The molecule has 1 aliphatic heterocycles. The van der Waals surface area contributed by atoms with Crippen LogP contribution in [-0.2, 0) is 4.74 Å². The van der Waals surface area contributed by atoms with Crippen molar-refractivity contribution in [2.24, 2.45) is 0 Å². The summed E-state index contributed by atoms with van der Waals surface area (Å²) in [7, 11) is 0. The zero-order valence-electron chi connectivity index (χ0n) is 13.3. The fourth-order valence-corrected chi connectivity index (χ4v) is 2.26. The van der Waals surface area contributed by atoms with Crippen LogP contribution in [0.4, 0.5) is 10.6 Å². The molecule has 1 aliphatic rings. The van der Waals surface area contributed by atoms with Crippen LogP contribution in [0.1, 0.15) is 39.3 Å². The van der Waals surface area contributed by atoms with E-state index in [0.29, 0.717) is 18.8 Å². The number of amides is 1. The van der Waals surface area contributed by atoms with Crippen LogP contribution in [0.5, 0.6) is 0 Å². The molecule has 6 heteroatoms. The number of ether oxygens (including phenoxy) is 1. The topological polar surface area (TPSA) is 67.4 Å². The largest absolute Gasteiger partial charge is 0.444 e. The van der Waals surface area contributed by atoms with Crippen molar-refractivity contribution in [3.8, 4) is 12.3 Å². The van der Waals surface area contributed by atoms with Crippen molar-refractivity contribution < 1.29 is 9.53 Å². The quantitative estimate of drug-likeness (QED) is 0.849. The Hall–Kier alpha value is -2.29. The van der Waals surface area contributed by atoms with E-state index in [1.165, 1.54) is 6.33 Å². The molecule has 22 heavy (non-hydrogen) atoms. The first-order valence-electron chi connectivity index (χ1n) is 7.40. The lowest BCUT2D eigenvalue weighted by molar-refractivity contribution is 0.0210. The summed E-state index contributed by atoms with van der Waals surface area (Å²) in [6.07, 6.45) is 8.22. The van der Waals surface area contributed by atoms with Gasteiger partial charge in [0.2, 0.25) is 0 Å². The number of carbonyl (C=O) groups is 1. The first-order valence-corrected chi connectivity index (χ1v) is 7.40. The maximum absolute atomic E-state index is 12.0. The summed E-state index contributed by atoms with van der Waals surface area (Å²) in [6, 6.07) is 2.01. The van der Waals surface area contributed by atoms with Crippen LogP contribution < -0.4 is 5.32 Å². The standard InChI is InChI=1S/C16H22N4O2/c1-5-12-10-14(18-11-17-12)19-13-6-8-20(9-7-13)15(21)22-16(2,3)4/h1,10-11,13H,6-9H2,2-4H3,(H,17,18,19). The highest BCUT2D eigenvalue weighted by molar-refractivity contribution is 5.68. The number of carbonyl (C=O) groups excluding carboxylic acids is 1. The highest BCUT2D eigenvalue weighted by atomic mass is 16.6. The van der Waals surface area contributed by atoms with Gasteiger partial charge in [-0.05, 0) is 33.6 Å². The summed E-state index contributed by atoms with van der Waals surface area (Å²) >= 11 is 0. The Morgan fingerprint density at radius 3 is 2.68 bits per heavy atom. The van der Waals surface area contributed by atoms with Crippen LogP contribution in [0.3, 0.4) is 0 Å². The lowest BCUT2D eigenvalue weighted by atomic mass is 10.1. The molecule has 118 valence electrons. The number of hydrogen-bond acceptors (Lipinski definition) is 5. The second-order valence-electron chi connectivity index (χ2n) is 6.32. The van der Waals surface area contributed by atoms with Gasteiger partial charge in [0.1, 0.15) is 23.4 Å². The van der Waals surface area contributed by atoms with Gasteiger partial charge in [-0.1, -0.05) is 5.92 Å². The number of rotatable bonds is 2. The summed E-state index contributed by atoms with van der Waals surface area (Å²) in [5, 5.41) is 3.34. The Morgan fingerprint density at radius 1 is 1.41 bits per heavy atom. The van der Waals surface area contributed by atoms with Gasteiger partial charge in [-0.3, -0.25) is 0 Å². The molecule has 1 fully saturated rings. The lowest BCUT2D eigenvalue weighted by Crippen LogP contribution is -2.44. The molecule has 1 saturated heterocycles. The molecule has 2 heterocycles. The molecule has 0 unspecified atom stereocenters. The molecule has 0 atom stereocenters. The van der Waals surface area contributed by atoms with Crippen molar-refractivity contribution >= 4 is 11.9 Å². The van der Waals surface area contributed by atoms with Gasteiger partial charge < -0.3 is 15.0 Å². The Balaban J connectivity index is 1.84. The molecule has 0 saturated carbocycles.